The van der Waals surface area contributed by atoms with Gasteiger partial charge in [-0.1, -0.05) is 0 Å². The van der Waals surface area contributed by atoms with Crippen molar-refractivity contribution in [2.75, 3.05) is 0 Å². The van der Waals surface area contributed by atoms with Crippen LogP contribution < -0.4 is 0 Å². The van der Waals surface area contributed by atoms with Gasteiger partial charge in [-0.2, -0.15) is 0 Å². The average Bonchev–Trinajstić information content (AvgIpc) is 1.72. The van der Waals surface area contributed by atoms with Crippen LogP contribution in [-0.2, 0) is 0 Å². The van der Waals surface area contributed by atoms with Crippen molar-refractivity contribution in [3.05, 3.63) is 0 Å². The zero-order chi connectivity index (χ0) is 5.70. The average molecular weight is 225 g/mol. The van der Waals surface area contributed by atoms with Gasteiger partial charge in [-0.05, 0) is 0 Å². The van der Waals surface area contributed by atoms with E-state index in [1.54, 1.807) is 13.3 Å². The van der Waals surface area contributed by atoms with Gasteiger partial charge in [0, 0.05) is 0 Å². The van der Waals surface area contributed by atoms with Gasteiger partial charge < -0.3 is 5.48 Å². The van der Waals surface area contributed by atoms with Crippen LogP contribution in [0.3, 0.4) is 0 Å². The van der Waals surface area contributed by atoms with Crippen molar-refractivity contribution in [1.29, 1.82) is 0 Å². The van der Waals surface area contributed by atoms with Gasteiger partial charge in [-0.25, -0.2) is 0 Å². The molecule has 52 valence electrons. The molecule has 2 N–H and O–H groups in total. The van der Waals surface area contributed by atoms with Crippen molar-refractivity contribution >= 4 is 19.8 Å². The first kappa shape index (κ1) is 11.5. The molecule has 0 radical (unpaired) electrons. The van der Waals surface area contributed by atoms with Gasteiger partial charge in [0.15, 0.2) is 0 Å². The van der Waals surface area contributed by atoms with Crippen molar-refractivity contribution in [3.63, 3.8) is 0 Å². The minimum absolute atomic E-state index is 0. The van der Waals surface area contributed by atoms with Crippen molar-refractivity contribution in [3.8, 4) is 0 Å². The Morgan fingerprint density at radius 3 is 1.12 bits per heavy atom. The van der Waals surface area contributed by atoms with E-state index in [4.69, 9.17) is 0 Å². The monoisotopic (exact) mass is 226 g/mol. The Kier molecular flexibility index (Phi) is 11.2. The molecule has 1 nitrogen and oxygen atoms in total. The van der Waals surface area contributed by atoms with Gasteiger partial charge in [0.05, 0.1) is 0 Å². The third-order valence-corrected chi connectivity index (χ3v) is 11.6. The van der Waals surface area contributed by atoms with Crippen molar-refractivity contribution in [1.82, 2.24) is 0 Å². The first-order valence-electron chi connectivity index (χ1n) is 3.35. The van der Waals surface area contributed by atoms with Crippen LogP contribution in [0.5, 0.6) is 0 Å². The maximum Gasteiger partial charge on any atom is -0.412 e. The molecule has 0 saturated heterocycles. The molecule has 0 saturated carbocycles. The van der Waals surface area contributed by atoms with E-state index in [2.05, 4.69) is 20.8 Å². The van der Waals surface area contributed by atoms with E-state index in [9.17, 15) is 0 Å². The van der Waals surface area contributed by atoms with Crippen molar-refractivity contribution < 1.29 is 5.48 Å². The Morgan fingerprint density at radius 1 is 0.875 bits per heavy atom. The van der Waals surface area contributed by atoms with Crippen molar-refractivity contribution in [2.45, 2.75) is 34.1 Å². The SMILES string of the molecule is C[CH2][SnH]([CH2]C)[CH2]C.O. The predicted molar refractivity (Wildman–Crippen MR) is 42.2 cm³/mol. The third kappa shape index (κ3) is 4.91. The smallest absolute Gasteiger partial charge is 0.412 e. The van der Waals surface area contributed by atoms with Crippen LogP contribution in [0.4, 0.5) is 0 Å². The summed E-state index contributed by atoms with van der Waals surface area (Å²) in [6.45, 7) is 7.06. The Hall–Kier alpha value is 0.759. The molecule has 8 heavy (non-hydrogen) atoms. The van der Waals surface area contributed by atoms with Crippen LogP contribution in [0.1, 0.15) is 20.8 Å². The quantitative estimate of drug-likeness (QED) is 0.651. The van der Waals surface area contributed by atoms with E-state index >= 15 is 0 Å². The van der Waals surface area contributed by atoms with Crippen LogP contribution in [0.15, 0.2) is 0 Å². The van der Waals surface area contributed by atoms with Crippen LogP contribution in [0.2, 0.25) is 13.3 Å². The summed E-state index contributed by atoms with van der Waals surface area (Å²) in [7, 11) is 0. The zero-order valence-electron chi connectivity index (χ0n) is 6.20. The molecule has 0 spiro atoms. The standard InChI is InChI=1S/3C2H5.H2O.Sn.H/c3*1-2;;;/h3*1H2,2H3;1H2;;. The van der Waals surface area contributed by atoms with Gasteiger partial charge in [0.25, 0.3) is 0 Å². The second kappa shape index (κ2) is 7.76. The predicted octanol–water partition coefficient (Wildman–Crippen LogP) is 1.45. The van der Waals surface area contributed by atoms with Crippen LogP contribution in [0, 0.1) is 0 Å². The molecule has 0 fully saturated rings. The number of hydrogen-bond acceptors (Lipinski definition) is 0. The first-order chi connectivity index (χ1) is 3.35. The Bertz CT molecular complexity index is 30.0. The molecule has 0 aromatic heterocycles. The van der Waals surface area contributed by atoms with E-state index in [1.807, 2.05) is 0 Å². The first-order valence-corrected chi connectivity index (χ1v) is 10.3. The second-order valence-corrected chi connectivity index (χ2v) is 14.0. The maximum absolute atomic E-state index is 2.35. The molecular weight excluding hydrogens is 207 g/mol. The molecule has 0 aliphatic rings. The molecule has 0 amide bonds. The summed E-state index contributed by atoms with van der Waals surface area (Å²) < 4.78 is 4.69. The fourth-order valence-electron chi connectivity index (χ4n) is 0.866. The minimum atomic E-state index is -0.764. The molecule has 0 unspecified atom stereocenters. The van der Waals surface area contributed by atoms with Gasteiger partial charge in [-0.3, -0.25) is 0 Å². The van der Waals surface area contributed by atoms with E-state index in [0.717, 1.165) is 0 Å². The Morgan fingerprint density at radius 2 is 1.12 bits per heavy atom. The molecule has 0 atom stereocenters. The largest absolute Gasteiger partial charge is 0.412 e. The van der Waals surface area contributed by atoms with Crippen LogP contribution >= 0.6 is 0 Å². The van der Waals surface area contributed by atoms with Crippen LogP contribution in [0.25, 0.3) is 0 Å². The molecule has 0 aromatic rings. The Balaban J connectivity index is 0. The fraction of sp³-hybridized carbons (Fsp3) is 1.00. The van der Waals surface area contributed by atoms with Crippen molar-refractivity contribution in [2.24, 2.45) is 0 Å². The summed E-state index contributed by atoms with van der Waals surface area (Å²) in [5.41, 5.74) is 0. The summed E-state index contributed by atoms with van der Waals surface area (Å²) in [6, 6.07) is 0. The van der Waals surface area contributed by atoms with E-state index < -0.39 is 19.8 Å². The zero-order valence-corrected chi connectivity index (χ0v) is 9.49. The van der Waals surface area contributed by atoms with E-state index in [0.29, 0.717) is 0 Å². The van der Waals surface area contributed by atoms with E-state index in [1.165, 1.54) is 0 Å². The molecular formula is C6H18OSn. The Labute approximate surface area is 59.5 Å². The normalized spacial score (nSPS) is 9.00. The second-order valence-electron chi connectivity index (χ2n) is 2.09. The van der Waals surface area contributed by atoms with Gasteiger partial charge in [-0.15, -0.1) is 0 Å². The number of rotatable bonds is 3. The fourth-order valence-corrected chi connectivity index (χ4v) is 5.81. The summed E-state index contributed by atoms with van der Waals surface area (Å²) in [4.78, 5) is 0. The maximum atomic E-state index is 2.35. The summed E-state index contributed by atoms with van der Waals surface area (Å²) in [6.07, 6.45) is 0. The van der Waals surface area contributed by atoms with Gasteiger partial charge in [0.1, 0.15) is 0 Å². The summed E-state index contributed by atoms with van der Waals surface area (Å²) in [5, 5.41) is 0. The van der Waals surface area contributed by atoms with Crippen LogP contribution in [-0.4, -0.2) is 25.2 Å². The molecule has 2 heteroatoms. The molecule has 0 aliphatic heterocycles. The summed E-state index contributed by atoms with van der Waals surface area (Å²) in [5.74, 6) is 0. The number of hydrogen-bond donors (Lipinski definition) is 0. The molecule has 0 rings (SSSR count). The third-order valence-electron chi connectivity index (χ3n) is 1.73. The van der Waals surface area contributed by atoms with Gasteiger partial charge in [0.2, 0.25) is 0 Å². The molecule has 0 aliphatic carbocycles. The summed E-state index contributed by atoms with van der Waals surface area (Å²) >= 11 is -0.764. The van der Waals surface area contributed by atoms with Gasteiger partial charge >= 0.3 is 53.8 Å². The van der Waals surface area contributed by atoms with E-state index in [-0.39, 0.29) is 5.48 Å². The minimum Gasteiger partial charge on any atom is -0.412 e. The topological polar surface area (TPSA) is 31.5 Å². The molecule has 0 heterocycles. The molecule has 0 bridgehead atoms. The molecule has 0 aromatic carbocycles.